The van der Waals surface area contributed by atoms with Gasteiger partial charge in [0, 0.05) is 36.1 Å². The molecule has 1 aliphatic rings. The maximum atomic E-state index is 13.2. The number of piperidine rings is 1. The Morgan fingerprint density at radius 1 is 1.16 bits per heavy atom. The molecule has 2 aromatic carbocycles. The summed E-state index contributed by atoms with van der Waals surface area (Å²) in [6, 6.07) is 14.3. The molecule has 1 atom stereocenters. The molecule has 11 heteroatoms. The third kappa shape index (κ3) is 6.60. The van der Waals surface area contributed by atoms with Crippen LogP contribution < -0.4 is 20.7 Å². The molecule has 1 aromatic heterocycles. The Labute approximate surface area is 221 Å². The summed E-state index contributed by atoms with van der Waals surface area (Å²) in [5.41, 5.74) is 7.18. The van der Waals surface area contributed by atoms with Crippen molar-refractivity contribution in [2.75, 3.05) is 23.7 Å². The lowest BCUT2D eigenvalue weighted by molar-refractivity contribution is 0.181. The van der Waals surface area contributed by atoms with Crippen LogP contribution in [0.5, 0.6) is 0 Å². The van der Waals surface area contributed by atoms with E-state index in [0.717, 1.165) is 41.5 Å². The van der Waals surface area contributed by atoms with Crippen molar-refractivity contribution >= 4 is 38.3 Å². The molecule has 9 nitrogen and oxygen atoms in total. The zero-order chi connectivity index (χ0) is 26.8. The van der Waals surface area contributed by atoms with Crippen molar-refractivity contribution in [3.05, 3.63) is 60.3 Å². The molecule has 2 heterocycles. The number of thiazole rings is 1. The minimum atomic E-state index is -3.81. The topological polar surface area (TPSA) is 138 Å². The van der Waals surface area contributed by atoms with E-state index in [0.29, 0.717) is 11.3 Å². The lowest BCUT2D eigenvalue weighted by Gasteiger charge is -2.36. The Balaban J connectivity index is 1.53. The molecule has 1 unspecified atom stereocenters. The molecular formula is C26H33N5O4S2. The summed E-state index contributed by atoms with van der Waals surface area (Å²) in [6.45, 7) is 6.82. The van der Waals surface area contributed by atoms with Crippen molar-refractivity contribution in [2.24, 2.45) is 5.92 Å². The Bertz CT molecular complexity index is 1340. The summed E-state index contributed by atoms with van der Waals surface area (Å²) >= 11 is 1.44. The molecule has 0 aliphatic carbocycles. The zero-order valence-corrected chi connectivity index (χ0v) is 22.8. The minimum Gasteiger partial charge on any atom is -0.465 e. The van der Waals surface area contributed by atoms with Gasteiger partial charge in [-0.15, -0.1) is 0 Å². The van der Waals surface area contributed by atoms with E-state index in [1.807, 2.05) is 30.3 Å². The fraction of sp³-hybridized carbons (Fsp3) is 0.385. The van der Waals surface area contributed by atoms with Gasteiger partial charge in [0.1, 0.15) is 0 Å². The van der Waals surface area contributed by atoms with Crippen molar-refractivity contribution < 1.29 is 18.3 Å². The van der Waals surface area contributed by atoms with Crippen molar-refractivity contribution in [3.8, 4) is 10.4 Å². The largest absolute Gasteiger partial charge is 0.465 e. The SMILES string of the molecule is CC(C)(C)NS(=O)(=O)c1cc(N)ccc1-c1cnc(N2CCC(C(NC(=O)O)c3ccccc3)CC2)s1. The van der Waals surface area contributed by atoms with Crippen molar-refractivity contribution in [1.82, 2.24) is 15.0 Å². The second-order valence-corrected chi connectivity index (χ2v) is 12.9. The quantitative estimate of drug-likeness (QED) is 0.317. The number of nitrogens with zero attached hydrogens (tertiary/aromatic N) is 2. The Morgan fingerprint density at radius 3 is 2.46 bits per heavy atom. The van der Waals surface area contributed by atoms with Gasteiger partial charge in [0.15, 0.2) is 5.13 Å². The minimum absolute atomic E-state index is 0.127. The van der Waals surface area contributed by atoms with E-state index in [4.69, 9.17) is 5.73 Å². The molecule has 1 fully saturated rings. The normalized spacial score (nSPS) is 15.9. The number of sulfonamides is 1. The van der Waals surface area contributed by atoms with Gasteiger partial charge < -0.3 is 21.1 Å². The van der Waals surface area contributed by atoms with Gasteiger partial charge >= 0.3 is 6.09 Å². The molecule has 4 rings (SSSR count). The van der Waals surface area contributed by atoms with E-state index in [-0.39, 0.29) is 16.9 Å². The van der Waals surface area contributed by atoms with Crippen LogP contribution in [0.2, 0.25) is 0 Å². The molecule has 0 spiro atoms. The van der Waals surface area contributed by atoms with Gasteiger partial charge in [0.2, 0.25) is 10.0 Å². The van der Waals surface area contributed by atoms with E-state index >= 15 is 0 Å². The first kappa shape index (κ1) is 26.9. The van der Waals surface area contributed by atoms with Crippen LogP contribution in [-0.4, -0.2) is 43.2 Å². The molecule has 1 amide bonds. The van der Waals surface area contributed by atoms with Gasteiger partial charge in [-0.2, -0.15) is 0 Å². The first-order chi connectivity index (χ1) is 17.4. The van der Waals surface area contributed by atoms with Crippen LogP contribution >= 0.6 is 11.3 Å². The number of rotatable bonds is 7. The first-order valence-corrected chi connectivity index (χ1v) is 14.4. The molecular weight excluding hydrogens is 510 g/mol. The molecule has 0 radical (unpaired) electrons. The lowest BCUT2D eigenvalue weighted by atomic mass is 9.85. The van der Waals surface area contributed by atoms with Crippen LogP contribution in [0.3, 0.4) is 0 Å². The number of nitrogen functional groups attached to an aromatic ring is 1. The van der Waals surface area contributed by atoms with Gasteiger partial charge in [0.25, 0.3) is 0 Å². The molecule has 1 aliphatic heterocycles. The number of anilines is 2. The Hall–Kier alpha value is -3.15. The second kappa shape index (κ2) is 10.7. The number of nitrogens with one attached hydrogen (secondary N) is 2. The van der Waals surface area contributed by atoms with Gasteiger partial charge in [-0.1, -0.05) is 47.7 Å². The van der Waals surface area contributed by atoms with Crippen molar-refractivity contribution in [2.45, 2.75) is 50.1 Å². The van der Waals surface area contributed by atoms with Crippen molar-refractivity contribution in [3.63, 3.8) is 0 Å². The molecule has 1 saturated heterocycles. The van der Waals surface area contributed by atoms with Crippen molar-refractivity contribution in [1.29, 1.82) is 0 Å². The van der Waals surface area contributed by atoms with Gasteiger partial charge in [-0.05, 0) is 57.2 Å². The van der Waals surface area contributed by atoms with Crippen LogP contribution in [0.4, 0.5) is 15.6 Å². The third-order valence-electron chi connectivity index (χ3n) is 6.21. The third-order valence-corrected chi connectivity index (χ3v) is 9.10. The molecule has 0 bridgehead atoms. The number of carboxylic acid groups (broad SMARTS) is 1. The zero-order valence-electron chi connectivity index (χ0n) is 21.1. The van der Waals surface area contributed by atoms with Crippen LogP contribution in [0.1, 0.15) is 45.2 Å². The van der Waals surface area contributed by atoms with Gasteiger partial charge in [-0.25, -0.2) is 22.9 Å². The average molecular weight is 544 g/mol. The number of benzene rings is 2. The molecule has 37 heavy (non-hydrogen) atoms. The number of hydrogen-bond donors (Lipinski definition) is 4. The molecule has 3 aromatic rings. The van der Waals surface area contributed by atoms with E-state index in [2.05, 4.69) is 19.9 Å². The monoisotopic (exact) mass is 543 g/mol. The van der Waals surface area contributed by atoms with E-state index in [1.54, 1.807) is 39.1 Å². The maximum Gasteiger partial charge on any atom is 0.405 e. The number of carbonyl (C=O) groups is 1. The molecule has 198 valence electrons. The lowest BCUT2D eigenvalue weighted by Crippen LogP contribution is -2.40. The summed E-state index contributed by atoms with van der Waals surface area (Å²) in [7, 11) is -3.81. The maximum absolute atomic E-state index is 13.2. The molecule has 5 N–H and O–H groups in total. The Kier molecular flexibility index (Phi) is 7.77. The van der Waals surface area contributed by atoms with Crippen LogP contribution in [0.25, 0.3) is 10.4 Å². The number of amides is 1. The van der Waals surface area contributed by atoms with Gasteiger partial charge in [0.05, 0.1) is 15.8 Å². The molecule has 0 saturated carbocycles. The first-order valence-electron chi connectivity index (χ1n) is 12.1. The summed E-state index contributed by atoms with van der Waals surface area (Å²) in [5, 5.41) is 12.9. The number of aromatic nitrogens is 1. The highest BCUT2D eigenvalue weighted by Gasteiger charge is 2.31. The fourth-order valence-corrected chi connectivity index (χ4v) is 7.40. The van der Waals surface area contributed by atoms with Crippen LogP contribution in [-0.2, 0) is 10.0 Å². The highest BCUT2D eigenvalue weighted by Crippen LogP contribution is 2.38. The van der Waals surface area contributed by atoms with Crippen LogP contribution in [0.15, 0.2) is 59.6 Å². The number of hydrogen-bond acceptors (Lipinski definition) is 7. The second-order valence-electron chi connectivity index (χ2n) is 10.3. The van der Waals surface area contributed by atoms with E-state index in [9.17, 15) is 18.3 Å². The summed E-state index contributed by atoms with van der Waals surface area (Å²) in [4.78, 5) is 19.1. The summed E-state index contributed by atoms with van der Waals surface area (Å²) in [6.07, 6.45) is 2.26. The van der Waals surface area contributed by atoms with Gasteiger partial charge in [-0.3, -0.25) is 0 Å². The highest BCUT2D eigenvalue weighted by atomic mass is 32.2. The predicted molar refractivity (Wildman–Crippen MR) is 147 cm³/mol. The summed E-state index contributed by atoms with van der Waals surface area (Å²) in [5.74, 6) is 0.159. The smallest absolute Gasteiger partial charge is 0.405 e. The van der Waals surface area contributed by atoms with E-state index < -0.39 is 21.7 Å². The average Bonchev–Trinajstić information content (AvgIpc) is 3.32. The Morgan fingerprint density at radius 2 is 1.84 bits per heavy atom. The number of nitrogens with two attached hydrogens (primary N) is 1. The fourth-order valence-electron chi connectivity index (χ4n) is 4.65. The van der Waals surface area contributed by atoms with Crippen LogP contribution in [0, 0.1) is 5.92 Å². The predicted octanol–water partition coefficient (Wildman–Crippen LogP) is 4.69. The summed E-state index contributed by atoms with van der Waals surface area (Å²) < 4.78 is 29.0. The highest BCUT2D eigenvalue weighted by molar-refractivity contribution is 7.89. The van der Waals surface area contributed by atoms with E-state index in [1.165, 1.54) is 17.4 Å². The standard InChI is InChI=1S/C26H33N5O4S2/c1-26(2,3)30-37(34,35)22-15-19(27)9-10-20(22)21-16-28-24(36-21)31-13-11-18(12-14-31)23(29-25(32)33)17-7-5-4-6-8-17/h4-10,15-16,18,23,29-30H,11-14,27H2,1-3H3,(H,32,33).